The summed E-state index contributed by atoms with van der Waals surface area (Å²) in [5.74, 6) is 0.478. The van der Waals surface area contributed by atoms with E-state index in [1.54, 1.807) is 18.3 Å². The molecule has 0 saturated carbocycles. The summed E-state index contributed by atoms with van der Waals surface area (Å²) in [4.78, 5) is 12.3. The SMILES string of the molecule is CN(C)c1ccc(C=Nn2c(-c3ccc([N+](=O)[O-])cc3)n[nH]c2=S)cc1. The summed E-state index contributed by atoms with van der Waals surface area (Å²) in [5, 5.41) is 22.0. The van der Waals surface area contributed by atoms with E-state index in [2.05, 4.69) is 15.3 Å². The van der Waals surface area contributed by atoms with E-state index in [4.69, 9.17) is 12.2 Å². The second kappa shape index (κ2) is 7.28. The van der Waals surface area contributed by atoms with E-state index in [1.807, 2.05) is 43.3 Å². The molecule has 0 spiro atoms. The Balaban J connectivity index is 1.90. The maximum absolute atomic E-state index is 10.8. The summed E-state index contributed by atoms with van der Waals surface area (Å²) >= 11 is 5.23. The van der Waals surface area contributed by atoms with Crippen molar-refractivity contribution in [1.82, 2.24) is 14.9 Å². The highest BCUT2D eigenvalue weighted by atomic mass is 32.1. The van der Waals surface area contributed by atoms with Crippen LogP contribution >= 0.6 is 12.2 Å². The van der Waals surface area contributed by atoms with Crippen LogP contribution in [0.1, 0.15) is 5.56 Å². The zero-order valence-corrected chi connectivity index (χ0v) is 15.0. The molecule has 8 nitrogen and oxygen atoms in total. The average Bonchev–Trinajstić information content (AvgIpc) is 3.01. The molecule has 1 N–H and O–H groups in total. The molecule has 0 aliphatic rings. The maximum atomic E-state index is 10.8. The number of nitrogens with zero attached hydrogens (tertiary/aromatic N) is 5. The van der Waals surface area contributed by atoms with E-state index in [1.165, 1.54) is 16.8 Å². The zero-order chi connectivity index (χ0) is 18.7. The Kier molecular flexibility index (Phi) is 4.90. The number of non-ortho nitro benzene ring substituents is 1. The fourth-order valence-electron chi connectivity index (χ4n) is 2.30. The first-order valence-corrected chi connectivity index (χ1v) is 8.10. The topological polar surface area (TPSA) is 92.3 Å². The van der Waals surface area contributed by atoms with Gasteiger partial charge in [0.1, 0.15) is 0 Å². The van der Waals surface area contributed by atoms with Gasteiger partial charge in [-0.05, 0) is 42.0 Å². The first kappa shape index (κ1) is 17.5. The number of hydrogen-bond acceptors (Lipinski definition) is 6. The molecule has 1 heterocycles. The second-order valence-electron chi connectivity index (χ2n) is 5.70. The molecule has 9 heteroatoms. The summed E-state index contributed by atoms with van der Waals surface area (Å²) in [6.45, 7) is 0. The summed E-state index contributed by atoms with van der Waals surface area (Å²) in [6, 6.07) is 14.0. The molecule has 132 valence electrons. The van der Waals surface area contributed by atoms with Crippen LogP contribution in [0, 0.1) is 14.9 Å². The Morgan fingerprint density at radius 2 is 1.85 bits per heavy atom. The van der Waals surface area contributed by atoms with E-state index in [0.717, 1.165) is 11.3 Å². The van der Waals surface area contributed by atoms with Crippen LogP contribution < -0.4 is 4.90 Å². The van der Waals surface area contributed by atoms with Crippen LogP contribution in [0.25, 0.3) is 11.4 Å². The highest BCUT2D eigenvalue weighted by Gasteiger charge is 2.10. The number of hydrogen-bond donors (Lipinski definition) is 1. The lowest BCUT2D eigenvalue weighted by Gasteiger charge is -2.11. The maximum Gasteiger partial charge on any atom is 0.269 e. The van der Waals surface area contributed by atoms with E-state index in [-0.39, 0.29) is 5.69 Å². The third-order valence-electron chi connectivity index (χ3n) is 3.72. The number of H-pyrrole nitrogens is 1. The van der Waals surface area contributed by atoms with Gasteiger partial charge in [0.05, 0.1) is 11.1 Å². The Morgan fingerprint density at radius 1 is 1.19 bits per heavy atom. The molecule has 0 unspecified atom stereocenters. The molecule has 3 rings (SSSR count). The van der Waals surface area contributed by atoms with Crippen LogP contribution in [0.15, 0.2) is 53.6 Å². The molecule has 26 heavy (non-hydrogen) atoms. The number of nitro groups is 1. The summed E-state index contributed by atoms with van der Waals surface area (Å²) in [6.07, 6.45) is 1.68. The lowest BCUT2D eigenvalue weighted by Crippen LogP contribution is -2.08. The number of rotatable bonds is 5. The second-order valence-corrected chi connectivity index (χ2v) is 6.09. The molecule has 0 aliphatic carbocycles. The lowest BCUT2D eigenvalue weighted by molar-refractivity contribution is -0.384. The predicted octanol–water partition coefficient (Wildman–Crippen LogP) is 3.46. The average molecular weight is 368 g/mol. The molecular weight excluding hydrogens is 352 g/mol. The third kappa shape index (κ3) is 3.67. The first-order chi connectivity index (χ1) is 12.5. The quantitative estimate of drug-likeness (QED) is 0.322. The predicted molar refractivity (Wildman–Crippen MR) is 103 cm³/mol. The number of aromatic nitrogens is 3. The molecule has 0 fully saturated rings. The number of anilines is 1. The van der Waals surface area contributed by atoms with Crippen molar-refractivity contribution < 1.29 is 4.92 Å². The minimum absolute atomic E-state index is 0.0129. The Hall–Kier alpha value is -3.33. The molecule has 2 aromatic carbocycles. The summed E-state index contributed by atoms with van der Waals surface area (Å²) in [7, 11) is 3.95. The van der Waals surface area contributed by atoms with Crippen LogP contribution in [-0.2, 0) is 0 Å². The molecule has 0 radical (unpaired) electrons. The van der Waals surface area contributed by atoms with Crippen molar-refractivity contribution in [2.24, 2.45) is 5.10 Å². The minimum Gasteiger partial charge on any atom is -0.378 e. The van der Waals surface area contributed by atoms with Gasteiger partial charge in [0.25, 0.3) is 5.69 Å². The van der Waals surface area contributed by atoms with Gasteiger partial charge >= 0.3 is 0 Å². The summed E-state index contributed by atoms with van der Waals surface area (Å²) in [5.41, 5.74) is 2.68. The number of nitro benzene ring substituents is 1. The van der Waals surface area contributed by atoms with Gasteiger partial charge in [-0.15, -0.1) is 0 Å². The molecule has 3 aromatic rings. The molecule has 1 aromatic heterocycles. The standard InChI is InChI=1S/C17H16N6O2S/c1-21(2)14-7-3-12(4-8-14)11-18-22-16(19-20-17(22)26)13-5-9-15(10-6-13)23(24)25/h3-11H,1-2H3,(H,20,26). The molecule has 0 saturated heterocycles. The monoisotopic (exact) mass is 368 g/mol. The van der Waals surface area contributed by atoms with Crippen LogP contribution in [0.5, 0.6) is 0 Å². The largest absolute Gasteiger partial charge is 0.378 e. The Bertz CT molecular complexity index is 1000. The van der Waals surface area contributed by atoms with E-state index >= 15 is 0 Å². The van der Waals surface area contributed by atoms with E-state index < -0.39 is 4.92 Å². The number of benzene rings is 2. The number of aromatic amines is 1. The Labute approximate surface area is 154 Å². The van der Waals surface area contributed by atoms with Crippen molar-refractivity contribution in [3.63, 3.8) is 0 Å². The van der Waals surface area contributed by atoms with Crippen molar-refractivity contribution >= 4 is 29.8 Å². The van der Waals surface area contributed by atoms with Gasteiger partial charge < -0.3 is 4.90 Å². The number of nitrogens with one attached hydrogen (secondary N) is 1. The molecular formula is C17H16N6O2S. The van der Waals surface area contributed by atoms with Crippen molar-refractivity contribution in [1.29, 1.82) is 0 Å². The van der Waals surface area contributed by atoms with Gasteiger partial charge in [-0.2, -0.15) is 14.9 Å². The lowest BCUT2D eigenvalue weighted by atomic mass is 10.2. The van der Waals surface area contributed by atoms with Crippen molar-refractivity contribution in [3.8, 4) is 11.4 Å². The normalized spacial score (nSPS) is 11.0. The fourth-order valence-corrected chi connectivity index (χ4v) is 2.48. The van der Waals surface area contributed by atoms with E-state index in [9.17, 15) is 10.1 Å². The fraction of sp³-hybridized carbons (Fsp3) is 0.118. The van der Waals surface area contributed by atoms with Gasteiger partial charge in [-0.25, -0.2) is 5.10 Å². The molecule has 0 bridgehead atoms. The molecule has 0 aliphatic heterocycles. The molecule has 0 atom stereocenters. The van der Waals surface area contributed by atoms with Gasteiger partial charge in [0.2, 0.25) is 4.77 Å². The summed E-state index contributed by atoms with van der Waals surface area (Å²) < 4.78 is 1.82. The third-order valence-corrected chi connectivity index (χ3v) is 3.98. The highest BCUT2D eigenvalue weighted by Crippen LogP contribution is 2.21. The van der Waals surface area contributed by atoms with Crippen molar-refractivity contribution in [3.05, 3.63) is 69.0 Å². The first-order valence-electron chi connectivity index (χ1n) is 7.69. The van der Waals surface area contributed by atoms with Crippen molar-refractivity contribution in [2.75, 3.05) is 19.0 Å². The van der Waals surface area contributed by atoms with Crippen LogP contribution in [0.4, 0.5) is 11.4 Å². The highest BCUT2D eigenvalue weighted by molar-refractivity contribution is 7.71. The van der Waals surface area contributed by atoms with Crippen LogP contribution in [0.2, 0.25) is 0 Å². The van der Waals surface area contributed by atoms with Gasteiger partial charge in [-0.3, -0.25) is 10.1 Å². The van der Waals surface area contributed by atoms with Gasteiger partial charge in [0.15, 0.2) is 5.82 Å². The van der Waals surface area contributed by atoms with Crippen LogP contribution in [0.3, 0.4) is 0 Å². The van der Waals surface area contributed by atoms with Gasteiger partial charge in [0, 0.05) is 37.5 Å². The smallest absolute Gasteiger partial charge is 0.269 e. The molecule has 0 amide bonds. The zero-order valence-electron chi connectivity index (χ0n) is 14.2. The van der Waals surface area contributed by atoms with Crippen LogP contribution in [-0.4, -0.2) is 40.1 Å². The minimum atomic E-state index is -0.448. The van der Waals surface area contributed by atoms with Gasteiger partial charge in [-0.1, -0.05) is 12.1 Å². The van der Waals surface area contributed by atoms with E-state index in [0.29, 0.717) is 16.2 Å². The Morgan fingerprint density at radius 3 is 2.42 bits per heavy atom. The van der Waals surface area contributed by atoms with Crippen molar-refractivity contribution in [2.45, 2.75) is 0 Å².